The number of para-hydroxylation sites is 1. The first-order valence-electron chi connectivity index (χ1n) is 3.96. The van der Waals surface area contributed by atoms with E-state index < -0.39 is 17.2 Å². The molecule has 0 fully saturated rings. The van der Waals surface area contributed by atoms with E-state index in [0.29, 0.717) is 11.3 Å². The molecule has 5 heteroatoms. The number of benzene rings is 1. The van der Waals surface area contributed by atoms with Crippen molar-refractivity contribution < 1.29 is 18.6 Å². The van der Waals surface area contributed by atoms with E-state index in [1.807, 2.05) is 0 Å². The first-order chi connectivity index (χ1) is 6.68. The highest BCUT2D eigenvalue weighted by Gasteiger charge is 2.21. The van der Waals surface area contributed by atoms with Crippen molar-refractivity contribution in [3.05, 3.63) is 41.0 Å². The second kappa shape index (κ2) is 3.53. The van der Waals surface area contributed by atoms with Gasteiger partial charge in [0.25, 0.3) is 0 Å². The molecule has 0 radical (unpaired) electrons. The van der Waals surface area contributed by atoms with Crippen molar-refractivity contribution in [2.24, 2.45) is 0 Å². The Balaban J connectivity index is 2.42. The molecule has 1 aromatic rings. The molecule has 2 N–H and O–H groups in total. The molecular weight excluding hydrogens is 204 g/mol. The Morgan fingerprint density at radius 1 is 1.36 bits per heavy atom. The van der Waals surface area contributed by atoms with Crippen LogP contribution >= 0.6 is 0 Å². The highest BCUT2D eigenvalue weighted by atomic mass is 32.2. The molecule has 0 aromatic heterocycles. The normalized spacial score (nSPS) is 21.9. The van der Waals surface area contributed by atoms with Crippen LogP contribution in [0.2, 0.25) is 0 Å². The molecule has 2 unspecified atom stereocenters. The number of aliphatic hydroxyl groups excluding tert-OH is 1. The molecule has 0 aliphatic carbocycles. The maximum atomic E-state index is 10.7. The van der Waals surface area contributed by atoms with Gasteiger partial charge < -0.3 is 9.84 Å². The SMILES string of the molecule is O=S(O)C1=CC(O)c2ccccc2O1. The van der Waals surface area contributed by atoms with Crippen molar-refractivity contribution in [3.63, 3.8) is 0 Å². The van der Waals surface area contributed by atoms with Crippen molar-refractivity contribution >= 4 is 11.1 Å². The lowest BCUT2D eigenvalue weighted by molar-refractivity contribution is 0.211. The molecule has 74 valence electrons. The van der Waals surface area contributed by atoms with Gasteiger partial charge in [-0.2, -0.15) is 0 Å². The molecule has 4 nitrogen and oxygen atoms in total. The zero-order valence-corrected chi connectivity index (χ0v) is 7.90. The van der Waals surface area contributed by atoms with Gasteiger partial charge >= 0.3 is 0 Å². The molecule has 2 atom stereocenters. The van der Waals surface area contributed by atoms with Crippen molar-refractivity contribution in [1.29, 1.82) is 0 Å². The summed E-state index contributed by atoms with van der Waals surface area (Å²) in [7, 11) is 0. The summed E-state index contributed by atoms with van der Waals surface area (Å²) in [4.78, 5) is 0. The summed E-state index contributed by atoms with van der Waals surface area (Å²) in [5.74, 6) is 0.417. The molecule has 0 amide bonds. The van der Waals surface area contributed by atoms with Crippen LogP contribution in [0.1, 0.15) is 11.7 Å². The summed E-state index contributed by atoms with van der Waals surface area (Å²) in [5, 5.41) is 9.45. The van der Waals surface area contributed by atoms with Crippen LogP contribution in [-0.4, -0.2) is 13.9 Å². The third kappa shape index (κ3) is 1.57. The van der Waals surface area contributed by atoms with Gasteiger partial charge in [-0.1, -0.05) is 18.2 Å². The first kappa shape index (κ1) is 9.39. The Morgan fingerprint density at radius 2 is 2.07 bits per heavy atom. The topological polar surface area (TPSA) is 66.8 Å². The van der Waals surface area contributed by atoms with E-state index in [9.17, 15) is 9.32 Å². The number of fused-ring (bicyclic) bond motifs is 1. The van der Waals surface area contributed by atoms with Crippen LogP contribution in [0.4, 0.5) is 0 Å². The summed E-state index contributed by atoms with van der Waals surface area (Å²) < 4.78 is 24.6. The smallest absolute Gasteiger partial charge is 0.223 e. The molecule has 0 bridgehead atoms. The Bertz CT molecular complexity index is 413. The van der Waals surface area contributed by atoms with Crippen LogP contribution in [0, 0.1) is 0 Å². The van der Waals surface area contributed by atoms with Crippen LogP contribution < -0.4 is 4.74 Å². The fourth-order valence-electron chi connectivity index (χ4n) is 1.27. The predicted octanol–water partition coefficient (Wildman–Crippen LogP) is 1.18. The highest BCUT2D eigenvalue weighted by molar-refractivity contribution is 7.83. The summed E-state index contributed by atoms with van der Waals surface area (Å²) in [6.07, 6.45) is 0.337. The largest absolute Gasteiger partial charge is 0.445 e. The van der Waals surface area contributed by atoms with Gasteiger partial charge in [-0.15, -0.1) is 0 Å². The number of hydrogen-bond acceptors (Lipinski definition) is 3. The number of ether oxygens (including phenoxy) is 1. The first-order valence-corrected chi connectivity index (χ1v) is 5.06. The lowest BCUT2D eigenvalue weighted by Crippen LogP contribution is -2.12. The zero-order valence-electron chi connectivity index (χ0n) is 7.08. The van der Waals surface area contributed by atoms with Gasteiger partial charge in [-0.3, -0.25) is 4.55 Å². The lowest BCUT2D eigenvalue weighted by atomic mass is 10.1. The zero-order chi connectivity index (χ0) is 10.1. The minimum absolute atomic E-state index is 0.129. The van der Waals surface area contributed by atoms with E-state index in [2.05, 4.69) is 0 Å². The Morgan fingerprint density at radius 3 is 2.79 bits per heavy atom. The summed E-state index contributed by atoms with van der Waals surface area (Å²) in [5.41, 5.74) is 0.599. The average Bonchev–Trinajstić information content (AvgIpc) is 2.17. The summed E-state index contributed by atoms with van der Waals surface area (Å²) in [6.45, 7) is 0. The van der Waals surface area contributed by atoms with E-state index in [0.717, 1.165) is 0 Å². The maximum Gasteiger partial charge on any atom is 0.223 e. The van der Waals surface area contributed by atoms with Crippen LogP contribution in [0.25, 0.3) is 0 Å². The number of aliphatic hydroxyl groups is 1. The average molecular weight is 212 g/mol. The van der Waals surface area contributed by atoms with Crippen molar-refractivity contribution in [2.45, 2.75) is 6.10 Å². The fraction of sp³-hybridized carbons (Fsp3) is 0.111. The van der Waals surface area contributed by atoms with Crippen molar-refractivity contribution in [2.75, 3.05) is 0 Å². The van der Waals surface area contributed by atoms with Gasteiger partial charge in [-0.25, -0.2) is 4.21 Å². The van der Waals surface area contributed by atoms with E-state index in [4.69, 9.17) is 9.29 Å². The monoisotopic (exact) mass is 212 g/mol. The molecule has 1 aromatic carbocycles. The van der Waals surface area contributed by atoms with Crippen LogP contribution in [-0.2, 0) is 11.1 Å². The number of hydrogen-bond donors (Lipinski definition) is 2. The molecule has 1 aliphatic rings. The Kier molecular flexibility index (Phi) is 2.37. The van der Waals surface area contributed by atoms with Crippen molar-refractivity contribution in [3.8, 4) is 5.75 Å². The minimum Gasteiger partial charge on any atom is -0.445 e. The van der Waals surface area contributed by atoms with Crippen LogP contribution in [0.15, 0.2) is 35.4 Å². The second-order valence-corrected chi connectivity index (χ2v) is 3.72. The second-order valence-electron chi connectivity index (χ2n) is 2.82. The van der Waals surface area contributed by atoms with Gasteiger partial charge in [0.1, 0.15) is 11.9 Å². The van der Waals surface area contributed by atoms with Gasteiger partial charge in [0.2, 0.25) is 16.2 Å². The van der Waals surface area contributed by atoms with Crippen LogP contribution in [0.3, 0.4) is 0 Å². The summed E-state index contributed by atoms with van der Waals surface area (Å²) in [6, 6.07) is 6.83. The van der Waals surface area contributed by atoms with Gasteiger partial charge in [-0.05, 0) is 6.07 Å². The molecule has 14 heavy (non-hydrogen) atoms. The lowest BCUT2D eigenvalue weighted by Gasteiger charge is -2.19. The predicted molar refractivity (Wildman–Crippen MR) is 50.9 cm³/mol. The van der Waals surface area contributed by atoms with E-state index >= 15 is 0 Å². The van der Waals surface area contributed by atoms with Gasteiger partial charge in [0.05, 0.1) is 0 Å². The van der Waals surface area contributed by atoms with Gasteiger partial charge in [0.15, 0.2) is 0 Å². The molecule has 0 saturated carbocycles. The highest BCUT2D eigenvalue weighted by Crippen LogP contribution is 2.32. The molecule has 2 rings (SSSR count). The van der Waals surface area contributed by atoms with E-state index in [1.165, 1.54) is 6.08 Å². The number of rotatable bonds is 1. The molecule has 0 saturated heterocycles. The van der Waals surface area contributed by atoms with E-state index in [1.54, 1.807) is 24.3 Å². The molecule has 0 spiro atoms. The molecule has 1 heterocycles. The van der Waals surface area contributed by atoms with Crippen LogP contribution in [0.5, 0.6) is 5.75 Å². The molecule has 1 aliphatic heterocycles. The molecular formula is C9H8O4S. The summed E-state index contributed by atoms with van der Waals surface area (Å²) >= 11 is -2.20. The third-order valence-corrected chi connectivity index (χ3v) is 2.48. The fourth-order valence-corrected chi connectivity index (χ4v) is 1.68. The van der Waals surface area contributed by atoms with E-state index in [-0.39, 0.29) is 5.09 Å². The maximum absolute atomic E-state index is 10.7. The standard InChI is InChI=1S/C9H8O4S/c10-7-5-9(14(11)12)13-8-4-2-1-3-6(7)8/h1-5,7,10H,(H,11,12). The Labute approximate surface area is 83.1 Å². The Hall–Kier alpha value is -1.17. The van der Waals surface area contributed by atoms with Gasteiger partial charge in [0, 0.05) is 11.6 Å². The third-order valence-electron chi connectivity index (χ3n) is 1.91. The quantitative estimate of drug-likeness (QED) is 0.686. The minimum atomic E-state index is -2.20. The van der Waals surface area contributed by atoms with Crippen molar-refractivity contribution in [1.82, 2.24) is 0 Å².